The van der Waals surface area contributed by atoms with Crippen LogP contribution in [0.5, 0.6) is 11.5 Å². The smallest absolute Gasteiger partial charge is 0.629 e. The molecule has 314 valence electrons. The molecule has 0 fully saturated rings. The van der Waals surface area contributed by atoms with E-state index in [0.29, 0.717) is 11.5 Å². The SMILES string of the molecule is C1=[N+]2c3ccccc3C(c3ccccc3)(c3ccccc3)O[B@-]2(c2ccccc2)Oc2cc3c(cc21)O[B@-]1(c2ccccc2)OC(c2ccccc2)(c2ccccc2)c2ccccc2[N+]1=C3. The van der Waals surface area contributed by atoms with E-state index in [9.17, 15) is 0 Å². The van der Waals surface area contributed by atoms with Crippen molar-refractivity contribution in [3.63, 3.8) is 0 Å². The molecule has 0 aromatic heterocycles. The van der Waals surface area contributed by atoms with Crippen LogP contribution in [0.15, 0.2) is 243 Å². The normalized spacial score (nSPS) is 20.2. The zero-order chi connectivity index (χ0) is 43.8. The van der Waals surface area contributed by atoms with Crippen molar-refractivity contribution in [2.75, 3.05) is 0 Å². The summed E-state index contributed by atoms with van der Waals surface area (Å²) in [4.78, 5) is 0. The van der Waals surface area contributed by atoms with Gasteiger partial charge >= 0.3 is 13.4 Å². The lowest BCUT2D eigenvalue weighted by Crippen LogP contribution is -2.71. The van der Waals surface area contributed by atoms with Crippen molar-refractivity contribution >= 4 is 48.1 Å². The maximum absolute atomic E-state index is 7.93. The van der Waals surface area contributed by atoms with Gasteiger partial charge in [-0.15, -0.1) is 0 Å². The summed E-state index contributed by atoms with van der Waals surface area (Å²) in [6.07, 6.45) is 4.36. The highest BCUT2D eigenvalue weighted by Crippen LogP contribution is 2.54. The fraction of sp³-hybridized carbons (Fsp3) is 0.0345. The van der Waals surface area contributed by atoms with Gasteiger partial charge in [-0.25, -0.2) is 0 Å². The molecule has 0 N–H and O–H groups in total. The predicted molar refractivity (Wildman–Crippen MR) is 262 cm³/mol. The molecule has 4 aliphatic rings. The van der Waals surface area contributed by atoms with E-state index in [0.717, 1.165) is 66.8 Å². The number of hydrogen-bond acceptors (Lipinski definition) is 4. The Hall–Kier alpha value is -8.03. The van der Waals surface area contributed by atoms with Crippen molar-refractivity contribution in [2.45, 2.75) is 11.2 Å². The molecule has 66 heavy (non-hydrogen) atoms. The standard InChI is InChI=1S/C58H42B2N2O4/c1-7-23-45(24-8-1)57(46-25-9-2-10-26-46)51-35-19-21-37-53(51)61-41-43-40-56-44(39-55(43)63-59(61,65-57)49-31-15-5-16-32-49)42-62-54-38-22-20-36-52(54)58(47-27-11-3-12-28-47,48-29-13-4-14-30-48)66-60(62,64-56)50-33-17-6-18-34-50/h1-42H/t59-,60+. The van der Waals surface area contributed by atoms with Crippen LogP contribution in [0.25, 0.3) is 0 Å². The summed E-state index contributed by atoms with van der Waals surface area (Å²) < 4.78 is 35.5. The fourth-order valence-corrected chi connectivity index (χ4v) is 11.1. The van der Waals surface area contributed by atoms with Crippen LogP contribution in [0.1, 0.15) is 44.5 Å². The number of benzene rings is 9. The van der Waals surface area contributed by atoms with Gasteiger partial charge < -0.3 is 27.6 Å². The van der Waals surface area contributed by atoms with Gasteiger partial charge in [-0.1, -0.05) is 217 Å². The van der Waals surface area contributed by atoms with Crippen molar-refractivity contribution < 1.29 is 27.6 Å². The van der Waals surface area contributed by atoms with Crippen molar-refractivity contribution in [1.29, 1.82) is 0 Å². The van der Waals surface area contributed by atoms with Crippen LogP contribution in [-0.2, 0) is 20.5 Å². The first kappa shape index (κ1) is 38.4. The second-order valence-electron chi connectivity index (χ2n) is 17.5. The summed E-state index contributed by atoms with van der Waals surface area (Å²) in [7, 11) is 0. The van der Waals surface area contributed by atoms with Gasteiger partial charge in [0.1, 0.15) is 23.6 Å². The van der Waals surface area contributed by atoms with E-state index in [1.54, 1.807) is 0 Å². The van der Waals surface area contributed by atoms with Crippen LogP contribution in [0.2, 0.25) is 0 Å². The molecule has 0 spiro atoms. The Balaban J connectivity index is 1.06. The maximum Gasteiger partial charge on any atom is 0.631 e. The molecule has 6 nitrogen and oxygen atoms in total. The van der Waals surface area contributed by atoms with Crippen LogP contribution in [0.4, 0.5) is 11.4 Å². The van der Waals surface area contributed by atoms with Gasteiger partial charge in [-0.2, -0.15) is 0 Å². The van der Waals surface area contributed by atoms with Gasteiger partial charge in [0.2, 0.25) is 0 Å². The predicted octanol–water partition coefficient (Wildman–Crippen LogP) is 10.3. The second kappa shape index (κ2) is 14.8. The van der Waals surface area contributed by atoms with E-state index >= 15 is 0 Å². The van der Waals surface area contributed by atoms with Gasteiger partial charge in [0.05, 0.1) is 33.8 Å². The maximum atomic E-state index is 7.93. The minimum absolute atomic E-state index is 0.678. The lowest BCUT2D eigenvalue weighted by molar-refractivity contribution is -0.354. The summed E-state index contributed by atoms with van der Waals surface area (Å²) in [6, 6.07) is 84.1. The number of hydrogen-bond donors (Lipinski definition) is 0. The second-order valence-corrected chi connectivity index (χ2v) is 17.5. The highest BCUT2D eigenvalue weighted by Gasteiger charge is 2.63. The summed E-state index contributed by atoms with van der Waals surface area (Å²) >= 11 is 0. The van der Waals surface area contributed by atoms with Crippen molar-refractivity contribution in [3.05, 3.63) is 287 Å². The van der Waals surface area contributed by atoms with Crippen LogP contribution >= 0.6 is 0 Å². The lowest BCUT2D eigenvalue weighted by Gasteiger charge is -2.53. The molecule has 13 rings (SSSR count). The summed E-state index contributed by atoms with van der Waals surface area (Å²) in [5.74, 6) is 1.36. The molecule has 0 amide bonds. The number of nitrogens with zero attached hydrogens (tertiary/aromatic N) is 2. The average molecular weight is 853 g/mol. The third kappa shape index (κ3) is 5.46. The molecular formula is C58H42B2N2O4. The Labute approximate surface area is 383 Å². The zero-order valence-electron chi connectivity index (χ0n) is 35.9. The first-order chi connectivity index (χ1) is 32.6. The van der Waals surface area contributed by atoms with E-state index in [1.807, 2.05) is 36.4 Å². The Morgan fingerprint density at radius 1 is 0.318 bits per heavy atom. The van der Waals surface area contributed by atoms with Gasteiger partial charge in [0.15, 0.2) is 11.4 Å². The highest BCUT2D eigenvalue weighted by molar-refractivity contribution is 6.77. The third-order valence-electron chi connectivity index (χ3n) is 14.0. The van der Waals surface area contributed by atoms with E-state index in [2.05, 4.69) is 228 Å². The molecular weight excluding hydrogens is 810 g/mol. The minimum Gasteiger partial charge on any atom is -0.629 e. The minimum atomic E-state index is -2.45. The Morgan fingerprint density at radius 3 is 0.939 bits per heavy atom. The topological polar surface area (TPSA) is 42.9 Å². The molecule has 9 aromatic rings. The molecule has 0 radical (unpaired) electrons. The molecule has 0 unspecified atom stereocenters. The van der Waals surface area contributed by atoms with E-state index in [4.69, 9.17) is 18.6 Å². The van der Waals surface area contributed by atoms with Crippen LogP contribution in [0.3, 0.4) is 0 Å². The van der Waals surface area contributed by atoms with Crippen molar-refractivity contribution in [3.8, 4) is 11.5 Å². The van der Waals surface area contributed by atoms with Gasteiger partial charge in [-0.05, 0) is 46.5 Å². The summed E-state index contributed by atoms with van der Waals surface area (Å²) in [6.45, 7) is -4.91. The van der Waals surface area contributed by atoms with Crippen LogP contribution in [-0.4, -0.2) is 34.8 Å². The number of rotatable bonds is 6. The molecule has 0 bridgehead atoms. The fourth-order valence-electron chi connectivity index (χ4n) is 11.1. The Morgan fingerprint density at radius 2 is 0.606 bits per heavy atom. The molecule has 0 aliphatic carbocycles. The first-order valence-corrected chi connectivity index (χ1v) is 22.7. The molecule has 4 heterocycles. The summed E-state index contributed by atoms with van der Waals surface area (Å²) in [5.41, 5.74) is 9.46. The Kier molecular flexibility index (Phi) is 8.59. The molecule has 2 atom stereocenters. The monoisotopic (exact) mass is 852 g/mol. The van der Waals surface area contributed by atoms with Crippen molar-refractivity contribution in [2.24, 2.45) is 0 Å². The van der Waals surface area contributed by atoms with Crippen LogP contribution < -0.4 is 20.2 Å². The van der Waals surface area contributed by atoms with Crippen LogP contribution in [0, 0.1) is 0 Å². The van der Waals surface area contributed by atoms with Gasteiger partial charge in [-0.3, -0.25) is 0 Å². The zero-order valence-corrected chi connectivity index (χ0v) is 35.9. The molecule has 8 heteroatoms. The summed E-state index contributed by atoms with van der Waals surface area (Å²) in [5, 5.41) is 0. The quantitative estimate of drug-likeness (QED) is 0.156. The Bertz CT molecular complexity index is 3070. The number of para-hydroxylation sites is 2. The largest absolute Gasteiger partial charge is 0.631 e. The highest BCUT2D eigenvalue weighted by atomic mass is 16.6. The van der Waals surface area contributed by atoms with E-state index < -0.39 is 24.6 Å². The molecule has 4 aliphatic heterocycles. The van der Waals surface area contributed by atoms with Crippen molar-refractivity contribution in [1.82, 2.24) is 0 Å². The van der Waals surface area contributed by atoms with E-state index in [1.165, 1.54) is 0 Å². The average Bonchev–Trinajstić information content (AvgIpc) is 3.40. The third-order valence-corrected chi connectivity index (χ3v) is 14.0. The number of fused-ring (bicyclic) bond motifs is 8. The first-order valence-electron chi connectivity index (χ1n) is 22.7. The molecule has 0 saturated heterocycles. The van der Waals surface area contributed by atoms with E-state index in [-0.39, 0.29) is 0 Å². The van der Waals surface area contributed by atoms with Gasteiger partial charge in [0.25, 0.3) is 0 Å². The lowest BCUT2D eigenvalue weighted by atomic mass is 9.57. The molecule has 0 saturated carbocycles. The molecule has 9 aromatic carbocycles. The van der Waals surface area contributed by atoms with Gasteiger partial charge in [0, 0.05) is 12.1 Å².